The molecule has 5 rings (SSSR count). The summed E-state index contributed by atoms with van der Waals surface area (Å²) < 4.78 is 0. The highest BCUT2D eigenvalue weighted by atomic mass is 16.3. The van der Waals surface area contributed by atoms with Crippen molar-refractivity contribution in [2.45, 2.75) is 78.2 Å². The molecule has 1 heterocycles. The molecule has 1 unspecified atom stereocenters. The van der Waals surface area contributed by atoms with Gasteiger partial charge in [-0.1, -0.05) is 26.8 Å². The van der Waals surface area contributed by atoms with Crippen LogP contribution in [0.4, 0.5) is 0 Å². The number of allylic oxidation sites excluding steroid dienone is 4. The Labute approximate surface area is 180 Å². The summed E-state index contributed by atoms with van der Waals surface area (Å²) in [6.45, 7) is 10.2. The first kappa shape index (κ1) is 20.5. The molecule has 0 aromatic rings. The first-order valence-corrected chi connectivity index (χ1v) is 12.0. The molecule has 7 atom stereocenters. The fraction of sp³-hybridized carbons (Fsp3) is 0.769. The van der Waals surface area contributed by atoms with Crippen molar-refractivity contribution in [2.75, 3.05) is 13.1 Å². The molecule has 1 saturated heterocycles. The molecule has 0 aromatic carbocycles. The number of carbonyl (C=O) groups is 2. The van der Waals surface area contributed by atoms with Crippen LogP contribution in [0.25, 0.3) is 0 Å². The average Bonchev–Trinajstić information content (AvgIpc) is 3.29. The number of hydrogen-bond acceptors (Lipinski definition) is 4. The van der Waals surface area contributed by atoms with Gasteiger partial charge in [-0.2, -0.15) is 0 Å². The first-order chi connectivity index (χ1) is 14.1. The summed E-state index contributed by atoms with van der Waals surface area (Å²) in [5, 5.41) is 11.5. The van der Waals surface area contributed by atoms with Crippen LogP contribution in [0.3, 0.4) is 0 Å². The Balaban J connectivity index is 1.53. The Morgan fingerprint density at radius 3 is 2.60 bits per heavy atom. The summed E-state index contributed by atoms with van der Waals surface area (Å²) in [5.41, 5.74) is 0.706. The van der Waals surface area contributed by atoms with Gasteiger partial charge in [0.2, 0.25) is 0 Å². The van der Waals surface area contributed by atoms with E-state index in [1.807, 2.05) is 13.8 Å². The number of fused-ring (bicyclic) bond motifs is 5. The van der Waals surface area contributed by atoms with Crippen molar-refractivity contribution in [2.24, 2.45) is 34.5 Å². The number of carbonyl (C=O) groups excluding carboxylic acids is 2. The van der Waals surface area contributed by atoms with Gasteiger partial charge in [0.15, 0.2) is 5.78 Å². The van der Waals surface area contributed by atoms with E-state index in [-0.39, 0.29) is 40.7 Å². The minimum atomic E-state index is -1.38. The van der Waals surface area contributed by atoms with E-state index in [0.717, 1.165) is 25.7 Å². The lowest BCUT2D eigenvalue weighted by Gasteiger charge is -2.57. The van der Waals surface area contributed by atoms with Crippen LogP contribution in [-0.4, -0.2) is 40.3 Å². The molecule has 4 heteroatoms. The van der Waals surface area contributed by atoms with E-state index in [9.17, 15) is 14.7 Å². The first-order valence-electron chi connectivity index (χ1n) is 12.0. The van der Waals surface area contributed by atoms with Crippen molar-refractivity contribution in [3.63, 3.8) is 0 Å². The third-order valence-electron chi connectivity index (χ3n) is 10.1. The number of aliphatic hydroxyl groups is 1. The van der Waals surface area contributed by atoms with Crippen LogP contribution in [0.5, 0.6) is 0 Å². The van der Waals surface area contributed by atoms with E-state index in [1.54, 1.807) is 0 Å². The number of likely N-dealkylation sites (tertiary alicyclic amines) is 1. The second-order valence-corrected chi connectivity index (χ2v) is 11.4. The van der Waals surface area contributed by atoms with E-state index in [0.29, 0.717) is 6.42 Å². The van der Waals surface area contributed by atoms with E-state index in [4.69, 9.17) is 0 Å². The molecule has 0 aromatic heterocycles. The number of hydrogen-bond donors (Lipinski definition) is 1. The van der Waals surface area contributed by atoms with Crippen molar-refractivity contribution >= 4 is 11.6 Å². The number of nitrogens with zero attached hydrogens (tertiary/aromatic N) is 1. The molecule has 3 fully saturated rings. The Bertz CT molecular complexity index is 852. The maximum Gasteiger partial charge on any atom is 0.162 e. The van der Waals surface area contributed by atoms with Crippen LogP contribution in [0.2, 0.25) is 0 Å². The molecule has 4 nitrogen and oxygen atoms in total. The molecule has 0 amide bonds. The maximum absolute atomic E-state index is 13.7. The van der Waals surface area contributed by atoms with Gasteiger partial charge < -0.3 is 10.0 Å². The normalized spacial score (nSPS) is 47.9. The Morgan fingerprint density at radius 1 is 1.23 bits per heavy atom. The minimum Gasteiger partial charge on any atom is -0.381 e. The molecule has 164 valence electrons. The van der Waals surface area contributed by atoms with Gasteiger partial charge in [-0.25, -0.2) is 0 Å². The Kier molecular flexibility index (Phi) is 4.47. The van der Waals surface area contributed by atoms with Crippen molar-refractivity contribution in [3.05, 3.63) is 23.4 Å². The zero-order valence-electron chi connectivity index (χ0n) is 19.0. The second kappa shape index (κ2) is 6.54. The van der Waals surface area contributed by atoms with E-state index >= 15 is 0 Å². The minimum absolute atomic E-state index is 0.0217. The Hall–Kier alpha value is -1.42. The van der Waals surface area contributed by atoms with Gasteiger partial charge in [-0.3, -0.25) is 9.59 Å². The highest BCUT2D eigenvalue weighted by molar-refractivity contribution is 5.91. The fourth-order valence-corrected chi connectivity index (χ4v) is 8.48. The smallest absolute Gasteiger partial charge is 0.162 e. The monoisotopic (exact) mass is 411 g/mol. The summed E-state index contributed by atoms with van der Waals surface area (Å²) in [5.74, 6) is 0.500. The molecule has 30 heavy (non-hydrogen) atoms. The predicted molar refractivity (Wildman–Crippen MR) is 117 cm³/mol. The molecule has 1 aliphatic heterocycles. The fourth-order valence-electron chi connectivity index (χ4n) is 8.48. The zero-order valence-corrected chi connectivity index (χ0v) is 19.0. The molecule has 0 bridgehead atoms. The van der Waals surface area contributed by atoms with Gasteiger partial charge in [0, 0.05) is 42.0 Å². The van der Waals surface area contributed by atoms with Gasteiger partial charge >= 0.3 is 0 Å². The molecular formula is C26H37NO3. The topological polar surface area (TPSA) is 57.6 Å². The lowest BCUT2D eigenvalue weighted by Crippen LogP contribution is -2.60. The summed E-state index contributed by atoms with van der Waals surface area (Å²) in [6, 6.07) is 0. The molecule has 0 radical (unpaired) electrons. The van der Waals surface area contributed by atoms with E-state index in [2.05, 4.69) is 24.0 Å². The van der Waals surface area contributed by atoms with E-state index in [1.165, 1.54) is 44.1 Å². The lowest BCUT2D eigenvalue weighted by molar-refractivity contribution is -0.169. The average molecular weight is 412 g/mol. The molecule has 1 N–H and O–H groups in total. The highest BCUT2D eigenvalue weighted by Crippen LogP contribution is 2.67. The van der Waals surface area contributed by atoms with E-state index < -0.39 is 11.0 Å². The molecular weight excluding hydrogens is 374 g/mol. The number of ketones is 2. The van der Waals surface area contributed by atoms with Crippen LogP contribution >= 0.6 is 0 Å². The SMILES string of the molecule is CC(=O)[C@@]1(O)C(C)C[C@H]2[C@@H]3CC=C4C=C(N5CCCC5)CC[C@]4(C)[C@H]3C(=O)C[C@@]21C. The summed E-state index contributed by atoms with van der Waals surface area (Å²) >= 11 is 0. The van der Waals surface area contributed by atoms with Crippen LogP contribution in [0, 0.1) is 34.5 Å². The van der Waals surface area contributed by atoms with Gasteiger partial charge in [-0.05, 0) is 74.9 Å². The summed E-state index contributed by atoms with van der Waals surface area (Å²) in [6.07, 6.45) is 11.5. The van der Waals surface area contributed by atoms with Crippen molar-refractivity contribution in [1.82, 2.24) is 4.90 Å². The van der Waals surface area contributed by atoms with Crippen molar-refractivity contribution in [1.29, 1.82) is 0 Å². The maximum atomic E-state index is 13.7. The second-order valence-electron chi connectivity index (χ2n) is 11.4. The quantitative estimate of drug-likeness (QED) is 0.737. The molecule has 4 aliphatic carbocycles. The van der Waals surface area contributed by atoms with Gasteiger partial charge in [0.25, 0.3) is 0 Å². The van der Waals surface area contributed by atoms with Crippen LogP contribution < -0.4 is 0 Å². The van der Waals surface area contributed by atoms with Crippen molar-refractivity contribution in [3.8, 4) is 0 Å². The predicted octanol–water partition coefficient (Wildman–Crippen LogP) is 4.28. The zero-order chi connectivity index (χ0) is 21.5. The van der Waals surface area contributed by atoms with Crippen LogP contribution in [0.1, 0.15) is 72.6 Å². The van der Waals surface area contributed by atoms with Crippen molar-refractivity contribution < 1.29 is 14.7 Å². The van der Waals surface area contributed by atoms with Gasteiger partial charge in [-0.15, -0.1) is 0 Å². The largest absolute Gasteiger partial charge is 0.381 e. The lowest BCUT2D eigenvalue weighted by atomic mass is 9.47. The Morgan fingerprint density at radius 2 is 1.93 bits per heavy atom. The highest BCUT2D eigenvalue weighted by Gasteiger charge is 2.69. The summed E-state index contributed by atoms with van der Waals surface area (Å²) in [7, 11) is 0. The standard InChI is InChI=1S/C26H37NO3/c1-16-13-21-20-8-7-18-14-19(27-11-5-6-12-27)9-10-24(18,3)23(20)22(29)15-25(21,4)26(16,30)17(2)28/h7,14,16,20-21,23,30H,5-6,8-13,15H2,1-4H3/t16?,20-,21-,23+,24-,25-,26-/m0/s1. The van der Waals surface area contributed by atoms with Gasteiger partial charge in [0.05, 0.1) is 0 Å². The van der Waals surface area contributed by atoms with Crippen LogP contribution in [-0.2, 0) is 9.59 Å². The molecule has 5 aliphatic rings. The third-order valence-corrected chi connectivity index (χ3v) is 10.1. The summed E-state index contributed by atoms with van der Waals surface area (Å²) in [4.78, 5) is 28.8. The molecule has 0 spiro atoms. The van der Waals surface area contributed by atoms with Crippen LogP contribution in [0.15, 0.2) is 23.4 Å². The number of rotatable bonds is 2. The molecule has 2 saturated carbocycles. The number of Topliss-reactive ketones (excluding diaryl/α,β-unsaturated/α-hetero) is 2. The third kappa shape index (κ3) is 2.43. The van der Waals surface area contributed by atoms with Gasteiger partial charge in [0.1, 0.15) is 11.4 Å².